The van der Waals surface area contributed by atoms with Gasteiger partial charge in [0.05, 0.1) is 24.3 Å². The lowest BCUT2D eigenvalue weighted by Crippen LogP contribution is -2.52. The molecule has 1 aliphatic rings. The number of hydrogen-bond donors (Lipinski definition) is 1. The third kappa shape index (κ3) is 5.27. The van der Waals surface area contributed by atoms with E-state index in [0.29, 0.717) is 12.1 Å². The second-order valence-electron chi connectivity index (χ2n) is 7.47. The zero-order valence-corrected chi connectivity index (χ0v) is 16.7. The molecule has 2 aromatic carbocycles. The van der Waals surface area contributed by atoms with Crippen LogP contribution in [0.1, 0.15) is 33.5 Å². The van der Waals surface area contributed by atoms with E-state index >= 15 is 0 Å². The molecule has 0 bridgehead atoms. The molecule has 1 fully saturated rings. The highest BCUT2D eigenvalue weighted by molar-refractivity contribution is 5.95. The Kier molecular flexibility index (Phi) is 6.72. The SMILES string of the molecule is O=C(c1cc(C(F)(F)F)cc(C(F)(F)F)c1)N1CCOC(CCO)(c2ccc(F)c(F)c2)C1. The van der Waals surface area contributed by atoms with Gasteiger partial charge in [0.25, 0.3) is 5.91 Å². The summed E-state index contributed by atoms with van der Waals surface area (Å²) >= 11 is 0. The highest BCUT2D eigenvalue weighted by atomic mass is 19.4. The molecule has 3 rings (SSSR count). The molecule has 12 heteroatoms. The summed E-state index contributed by atoms with van der Waals surface area (Å²) in [4.78, 5) is 13.9. The summed E-state index contributed by atoms with van der Waals surface area (Å²) in [6.45, 7) is -1.33. The first kappa shape index (κ1) is 24.9. The van der Waals surface area contributed by atoms with Gasteiger partial charge in [-0.1, -0.05) is 6.07 Å². The van der Waals surface area contributed by atoms with Crippen molar-refractivity contribution in [1.29, 1.82) is 0 Å². The Bertz CT molecular complexity index is 1000. The summed E-state index contributed by atoms with van der Waals surface area (Å²) in [5.74, 6) is -3.53. The number of rotatable bonds is 4. The number of carbonyl (C=O) groups is 1. The summed E-state index contributed by atoms with van der Waals surface area (Å²) in [6, 6.07) is 3.31. The van der Waals surface area contributed by atoms with E-state index in [0.717, 1.165) is 23.1 Å². The number of alkyl halides is 6. The van der Waals surface area contributed by atoms with Gasteiger partial charge >= 0.3 is 12.4 Å². The van der Waals surface area contributed by atoms with Crippen LogP contribution < -0.4 is 0 Å². The number of benzene rings is 2. The Labute approximate surface area is 182 Å². The molecular weight excluding hydrogens is 466 g/mol. The van der Waals surface area contributed by atoms with Gasteiger partial charge < -0.3 is 14.7 Å². The highest BCUT2D eigenvalue weighted by Gasteiger charge is 2.42. The monoisotopic (exact) mass is 483 g/mol. The van der Waals surface area contributed by atoms with Gasteiger partial charge in [-0.05, 0) is 35.9 Å². The van der Waals surface area contributed by atoms with Crippen molar-refractivity contribution in [1.82, 2.24) is 4.90 Å². The predicted octanol–water partition coefficient (Wildman–Crippen LogP) is 4.75. The lowest BCUT2D eigenvalue weighted by Gasteiger charge is -2.43. The zero-order chi connectivity index (χ0) is 24.6. The molecule has 0 spiro atoms. The van der Waals surface area contributed by atoms with Crippen molar-refractivity contribution in [3.05, 3.63) is 70.3 Å². The number of halogens is 8. The minimum Gasteiger partial charge on any atom is -0.396 e. The largest absolute Gasteiger partial charge is 0.416 e. The average Bonchev–Trinajstić information content (AvgIpc) is 2.74. The first-order chi connectivity index (χ1) is 15.3. The van der Waals surface area contributed by atoms with Crippen LogP contribution in [0.2, 0.25) is 0 Å². The van der Waals surface area contributed by atoms with Crippen molar-refractivity contribution >= 4 is 5.91 Å². The number of morpholine rings is 1. The molecule has 1 aliphatic heterocycles. The van der Waals surface area contributed by atoms with E-state index in [2.05, 4.69) is 0 Å². The van der Waals surface area contributed by atoms with Gasteiger partial charge in [-0.3, -0.25) is 4.79 Å². The Morgan fingerprint density at radius 3 is 2.09 bits per heavy atom. The number of amides is 1. The van der Waals surface area contributed by atoms with Crippen molar-refractivity contribution in [2.45, 2.75) is 24.4 Å². The molecule has 0 aliphatic carbocycles. The first-order valence-corrected chi connectivity index (χ1v) is 9.56. The van der Waals surface area contributed by atoms with Crippen LogP contribution in [0.3, 0.4) is 0 Å². The van der Waals surface area contributed by atoms with Gasteiger partial charge in [-0.15, -0.1) is 0 Å². The minimum atomic E-state index is -5.13. The van der Waals surface area contributed by atoms with Crippen molar-refractivity contribution in [3.63, 3.8) is 0 Å². The summed E-state index contributed by atoms with van der Waals surface area (Å²) in [5, 5.41) is 9.46. The standard InChI is InChI=1S/C21H17F8NO3/c22-16-2-1-13(10-17(16)23)19(3-5-31)11-30(4-6-33-19)18(32)12-7-14(20(24,25)26)9-15(8-12)21(27,28)29/h1-2,7-10,31H,3-6,11H2. The molecule has 1 atom stereocenters. The van der Waals surface area contributed by atoms with Crippen molar-refractivity contribution < 1.29 is 49.8 Å². The molecular formula is C21H17F8NO3. The lowest BCUT2D eigenvalue weighted by atomic mass is 9.88. The van der Waals surface area contributed by atoms with E-state index in [4.69, 9.17) is 4.74 Å². The molecule has 1 heterocycles. The maximum atomic E-state index is 13.8. The Balaban J connectivity index is 2.01. The molecule has 0 radical (unpaired) electrons. The molecule has 180 valence electrons. The molecule has 0 saturated carbocycles. The van der Waals surface area contributed by atoms with Crippen LogP contribution in [0.5, 0.6) is 0 Å². The van der Waals surface area contributed by atoms with Crippen LogP contribution in [0.4, 0.5) is 35.1 Å². The zero-order valence-electron chi connectivity index (χ0n) is 16.7. The number of nitrogens with zero attached hydrogens (tertiary/aromatic N) is 1. The number of hydrogen-bond acceptors (Lipinski definition) is 3. The molecule has 1 amide bonds. The highest BCUT2D eigenvalue weighted by Crippen LogP contribution is 2.38. The predicted molar refractivity (Wildman–Crippen MR) is 98.0 cm³/mol. The molecule has 0 aromatic heterocycles. The van der Waals surface area contributed by atoms with Crippen molar-refractivity contribution in [2.75, 3.05) is 26.3 Å². The second-order valence-corrected chi connectivity index (χ2v) is 7.47. The van der Waals surface area contributed by atoms with Gasteiger partial charge in [-0.2, -0.15) is 26.3 Å². The average molecular weight is 483 g/mol. The smallest absolute Gasteiger partial charge is 0.396 e. The first-order valence-electron chi connectivity index (χ1n) is 9.56. The maximum absolute atomic E-state index is 13.8. The van der Waals surface area contributed by atoms with Crippen molar-refractivity contribution in [3.8, 4) is 0 Å². The number of carbonyl (C=O) groups excluding carboxylic acids is 1. The molecule has 4 nitrogen and oxygen atoms in total. The van der Waals surface area contributed by atoms with E-state index in [9.17, 15) is 45.0 Å². The summed E-state index contributed by atoms with van der Waals surface area (Å²) in [7, 11) is 0. The molecule has 2 aromatic rings. The summed E-state index contributed by atoms with van der Waals surface area (Å²) in [6.07, 6.45) is -10.5. The van der Waals surface area contributed by atoms with Crippen LogP contribution >= 0.6 is 0 Å². The summed E-state index contributed by atoms with van der Waals surface area (Å²) in [5.41, 5.74) is -5.63. The van der Waals surface area contributed by atoms with Crippen LogP contribution in [0.15, 0.2) is 36.4 Å². The number of aliphatic hydroxyl groups excluding tert-OH is 1. The van der Waals surface area contributed by atoms with Crippen LogP contribution in [-0.4, -0.2) is 42.2 Å². The fraction of sp³-hybridized carbons (Fsp3) is 0.381. The molecule has 33 heavy (non-hydrogen) atoms. The topological polar surface area (TPSA) is 49.8 Å². The Hall–Kier alpha value is -2.73. The Morgan fingerprint density at radius 2 is 1.58 bits per heavy atom. The second kappa shape index (κ2) is 8.90. The van der Waals surface area contributed by atoms with Crippen LogP contribution in [0.25, 0.3) is 0 Å². The Morgan fingerprint density at radius 1 is 0.970 bits per heavy atom. The quantitative estimate of drug-likeness (QED) is 0.639. The summed E-state index contributed by atoms with van der Waals surface area (Å²) < 4.78 is 112. The minimum absolute atomic E-state index is 0.0490. The maximum Gasteiger partial charge on any atom is 0.416 e. The normalized spacial score (nSPS) is 19.6. The molecule has 1 saturated heterocycles. The van der Waals surface area contributed by atoms with E-state index in [-0.39, 0.29) is 31.2 Å². The van der Waals surface area contributed by atoms with Gasteiger partial charge in [0.15, 0.2) is 11.6 Å². The fourth-order valence-corrected chi connectivity index (χ4v) is 3.65. The van der Waals surface area contributed by atoms with Gasteiger partial charge in [0, 0.05) is 25.1 Å². The van der Waals surface area contributed by atoms with Gasteiger partial charge in [0.2, 0.25) is 0 Å². The van der Waals surface area contributed by atoms with E-state index in [1.807, 2.05) is 0 Å². The van der Waals surface area contributed by atoms with Gasteiger partial charge in [0.1, 0.15) is 5.60 Å². The third-order valence-corrected chi connectivity index (χ3v) is 5.27. The lowest BCUT2D eigenvalue weighted by molar-refractivity contribution is -0.143. The number of ether oxygens (including phenoxy) is 1. The van der Waals surface area contributed by atoms with Crippen molar-refractivity contribution in [2.24, 2.45) is 0 Å². The van der Waals surface area contributed by atoms with E-state index in [1.54, 1.807) is 0 Å². The van der Waals surface area contributed by atoms with Crippen LogP contribution in [-0.2, 0) is 22.7 Å². The fourth-order valence-electron chi connectivity index (χ4n) is 3.65. The third-order valence-electron chi connectivity index (χ3n) is 5.27. The van der Waals surface area contributed by atoms with E-state index < -0.39 is 65.3 Å². The molecule has 1 unspecified atom stereocenters. The van der Waals surface area contributed by atoms with Gasteiger partial charge in [-0.25, -0.2) is 8.78 Å². The molecule has 1 N–H and O–H groups in total. The van der Waals surface area contributed by atoms with Crippen LogP contribution in [0, 0.1) is 11.6 Å². The number of aliphatic hydroxyl groups is 1. The van der Waals surface area contributed by atoms with E-state index in [1.165, 1.54) is 0 Å².